The van der Waals surface area contributed by atoms with Crippen LogP contribution in [0.3, 0.4) is 0 Å². The van der Waals surface area contributed by atoms with E-state index in [2.05, 4.69) is 15.0 Å². The Morgan fingerprint density at radius 3 is 2.65 bits per heavy atom. The van der Waals surface area contributed by atoms with Crippen LogP contribution in [0.2, 0.25) is 0 Å². The molecule has 2 aromatic heterocycles. The minimum absolute atomic E-state index is 0.0262. The van der Waals surface area contributed by atoms with Gasteiger partial charge in [-0.25, -0.2) is 9.37 Å². The second kappa shape index (κ2) is 9.32. The van der Waals surface area contributed by atoms with Crippen LogP contribution in [0.5, 0.6) is 5.75 Å². The van der Waals surface area contributed by atoms with Gasteiger partial charge in [0, 0.05) is 49.9 Å². The molecule has 1 saturated heterocycles. The summed E-state index contributed by atoms with van der Waals surface area (Å²) in [5.41, 5.74) is 1.27. The zero-order valence-corrected chi connectivity index (χ0v) is 19.3. The number of methoxy groups -OCH3 is 1. The highest BCUT2D eigenvalue weighted by atomic mass is 32.1. The van der Waals surface area contributed by atoms with E-state index in [4.69, 9.17) is 4.74 Å². The maximum atomic E-state index is 14.1. The third-order valence-corrected chi connectivity index (χ3v) is 6.71. The molecule has 1 aliphatic rings. The highest BCUT2D eigenvalue weighted by molar-refractivity contribution is 7.19. The number of aromatic nitrogens is 3. The number of halogens is 1. The van der Waals surface area contributed by atoms with Crippen LogP contribution in [0.25, 0.3) is 15.5 Å². The van der Waals surface area contributed by atoms with Crippen LogP contribution >= 0.6 is 11.3 Å². The van der Waals surface area contributed by atoms with E-state index >= 15 is 0 Å². The third-order valence-electron chi connectivity index (χ3n) is 5.76. The Balaban J connectivity index is 1.27. The van der Waals surface area contributed by atoms with Crippen molar-refractivity contribution in [3.05, 3.63) is 82.0 Å². The lowest BCUT2D eigenvalue weighted by Gasteiger charge is -2.34. The Hall–Kier alpha value is -3.63. The van der Waals surface area contributed by atoms with Crippen LogP contribution in [0, 0.1) is 5.82 Å². The molecule has 0 radical (unpaired) electrons. The molecule has 2 aromatic carbocycles. The number of rotatable bonds is 5. The van der Waals surface area contributed by atoms with Crippen molar-refractivity contribution < 1.29 is 13.9 Å². The lowest BCUT2D eigenvalue weighted by atomic mass is 10.1. The Morgan fingerprint density at radius 1 is 1.09 bits per heavy atom. The summed E-state index contributed by atoms with van der Waals surface area (Å²) in [6, 6.07) is 14.9. The molecule has 3 heterocycles. The molecule has 0 N–H and O–H groups in total. The van der Waals surface area contributed by atoms with E-state index in [1.807, 2.05) is 11.0 Å². The number of piperazine rings is 1. The van der Waals surface area contributed by atoms with Crippen molar-refractivity contribution in [1.82, 2.24) is 24.4 Å². The fourth-order valence-corrected chi connectivity index (χ4v) is 4.91. The molecule has 0 aliphatic carbocycles. The Kier molecular flexibility index (Phi) is 6.08. The number of carbonyl (C=O) groups is 1. The zero-order valence-electron chi connectivity index (χ0n) is 18.5. The number of benzene rings is 2. The van der Waals surface area contributed by atoms with E-state index in [0.29, 0.717) is 65.3 Å². The van der Waals surface area contributed by atoms with Gasteiger partial charge in [0.25, 0.3) is 11.5 Å². The quantitative estimate of drug-likeness (QED) is 0.438. The Morgan fingerprint density at radius 2 is 1.88 bits per heavy atom. The van der Waals surface area contributed by atoms with Gasteiger partial charge in [-0.3, -0.25) is 14.5 Å². The number of fused-ring (bicyclic) bond motifs is 1. The molecule has 4 aromatic rings. The maximum absolute atomic E-state index is 14.1. The van der Waals surface area contributed by atoms with Crippen molar-refractivity contribution in [2.45, 2.75) is 6.54 Å². The van der Waals surface area contributed by atoms with Gasteiger partial charge in [0.05, 0.1) is 12.8 Å². The van der Waals surface area contributed by atoms with Gasteiger partial charge in [-0.1, -0.05) is 29.5 Å². The molecule has 34 heavy (non-hydrogen) atoms. The van der Waals surface area contributed by atoms with E-state index in [-0.39, 0.29) is 11.5 Å². The van der Waals surface area contributed by atoms with Gasteiger partial charge in [0.2, 0.25) is 4.96 Å². The van der Waals surface area contributed by atoms with E-state index in [9.17, 15) is 14.0 Å². The number of nitrogens with zero attached hydrogens (tertiary/aromatic N) is 5. The van der Waals surface area contributed by atoms with Gasteiger partial charge in [0.15, 0.2) is 5.01 Å². The van der Waals surface area contributed by atoms with Crippen molar-refractivity contribution in [2.75, 3.05) is 33.3 Å². The zero-order chi connectivity index (χ0) is 23.7. The Labute approximate surface area is 198 Å². The molecular weight excluding hydrogens is 457 g/mol. The highest BCUT2D eigenvalue weighted by Gasteiger charge is 2.23. The molecule has 5 rings (SSSR count). The van der Waals surface area contributed by atoms with Crippen LogP contribution in [0.1, 0.15) is 16.1 Å². The molecule has 0 atom stereocenters. The van der Waals surface area contributed by atoms with Crippen molar-refractivity contribution in [1.29, 1.82) is 0 Å². The smallest absolute Gasteiger partial charge is 0.275 e. The summed E-state index contributed by atoms with van der Waals surface area (Å²) in [5.74, 6) is 0.233. The molecule has 10 heteroatoms. The van der Waals surface area contributed by atoms with Crippen molar-refractivity contribution >= 4 is 22.2 Å². The summed E-state index contributed by atoms with van der Waals surface area (Å²) in [6.45, 7) is 2.98. The fraction of sp³-hybridized carbons (Fsp3) is 0.250. The number of amides is 1. The van der Waals surface area contributed by atoms with Gasteiger partial charge in [-0.2, -0.15) is 9.61 Å². The average Bonchev–Trinajstić information content (AvgIpc) is 3.29. The molecule has 174 valence electrons. The summed E-state index contributed by atoms with van der Waals surface area (Å²) in [7, 11) is 1.58. The molecule has 1 fully saturated rings. The van der Waals surface area contributed by atoms with Crippen LogP contribution < -0.4 is 10.3 Å². The van der Waals surface area contributed by atoms with Gasteiger partial charge >= 0.3 is 0 Å². The number of hydrogen-bond donors (Lipinski definition) is 0. The second-order valence-corrected chi connectivity index (χ2v) is 8.92. The fourth-order valence-electron chi connectivity index (χ4n) is 3.96. The molecule has 0 unspecified atom stereocenters. The average molecular weight is 480 g/mol. The molecule has 1 amide bonds. The lowest BCUT2D eigenvalue weighted by Crippen LogP contribution is -2.48. The van der Waals surface area contributed by atoms with Crippen LogP contribution in [-0.4, -0.2) is 63.6 Å². The van der Waals surface area contributed by atoms with E-state index in [1.54, 1.807) is 43.5 Å². The number of carbonyl (C=O) groups excluding carboxylic acids is 1. The summed E-state index contributed by atoms with van der Waals surface area (Å²) in [4.78, 5) is 34.4. The second-order valence-electron chi connectivity index (χ2n) is 7.97. The van der Waals surface area contributed by atoms with E-state index in [0.717, 1.165) is 0 Å². The minimum atomic E-state index is -0.392. The van der Waals surface area contributed by atoms with Gasteiger partial charge < -0.3 is 9.64 Å². The number of ether oxygens (including phenoxy) is 1. The molecular formula is C24H22FN5O3S. The highest BCUT2D eigenvalue weighted by Crippen LogP contribution is 2.26. The van der Waals surface area contributed by atoms with Crippen molar-refractivity contribution in [3.8, 4) is 16.3 Å². The third kappa shape index (κ3) is 4.42. The standard InChI is InChI=1S/C24H22FN5O3S/c1-33-18-6-4-5-16(13-18)23(32)29-11-9-28(10-12-29)15-17-14-21(31)30-24(26-17)34-22(27-30)19-7-2-3-8-20(19)25/h2-8,13-14H,9-12,15H2,1H3. The Bertz CT molecular complexity index is 1410. The van der Waals surface area contributed by atoms with E-state index < -0.39 is 5.82 Å². The molecule has 1 aliphatic heterocycles. The summed E-state index contributed by atoms with van der Waals surface area (Å²) in [5, 5.41) is 4.66. The largest absolute Gasteiger partial charge is 0.497 e. The van der Waals surface area contributed by atoms with E-state index in [1.165, 1.54) is 28.0 Å². The molecule has 0 spiro atoms. The molecule has 0 bridgehead atoms. The van der Waals surface area contributed by atoms with Gasteiger partial charge in [-0.05, 0) is 30.3 Å². The first kappa shape index (κ1) is 22.2. The molecule has 8 nitrogen and oxygen atoms in total. The topological polar surface area (TPSA) is 80.0 Å². The minimum Gasteiger partial charge on any atom is -0.497 e. The first-order valence-corrected chi connectivity index (χ1v) is 11.6. The maximum Gasteiger partial charge on any atom is 0.275 e. The molecule has 0 saturated carbocycles. The van der Waals surface area contributed by atoms with Gasteiger partial charge in [0.1, 0.15) is 11.6 Å². The predicted molar refractivity (Wildman–Crippen MR) is 127 cm³/mol. The SMILES string of the molecule is COc1cccc(C(=O)N2CCN(Cc3cc(=O)n4nc(-c5ccccc5F)sc4n3)CC2)c1. The first-order valence-electron chi connectivity index (χ1n) is 10.8. The van der Waals surface area contributed by atoms with Crippen molar-refractivity contribution in [2.24, 2.45) is 0 Å². The monoisotopic (exact) mass is 479 g/mol. The summed E-state index contributed by atoms with van der Waals surface area (Å²) < 4.78 is 20.6. The normalized spacial score (nSPS) is 14.5. The van der Waals surface area contributed by atoms with Gasteiger partial charge in [-0.15, -0.1) is 0 Å². The first-order chi connectivity index (χ1) is 16.5. The van der Waals surface area contributed by atoms with Crippen LogP contribution in [-0.2, 0) is 6.54 Å². The number of hydrogen-bond acceptors (Lipinski definition) is 7. The van der Waals surface area contributed by atoms with Crippen LogP contribution in [0.4, 0.5) is 4.39 Å². The summed E-state index contributed by atoms with van der Waals surface area (Å²) in [6.07, 6.45) is 0. The van der Waals surface area contributed by atoms with Crippen LogP contribution in [0.15, 0.2) is 59.4 Å². The summed E-state index contributed by atoms with van der Waals surface area (Å²) >= 11 is 1.18. The predicted octanol–water partition coefficient (Wildman–Crippen LogP) is 2.92. The lowest BCUT2D eigenvalue weighted by molar-refractivity contribution is 0.0626. The van der Waals surface area contributed by atoms with Crippen molar-refractivity contribution in [3.63, 3.8) is 0 Å².